The van der Waals surface area contributed by atoms with Gasteiger partial charge in [-0.2, -0.15) is 0 Å². The first-order chi connectivity index (χ1) is 12.2. The summed E-state index contributed by atoms with van der Waals surface area (Å²) in [6, 6.07) is 13.5. The van der Waals surface area contributed by atoms with Gasteiger partial charge in [-0.3, -0.25) is 4.98 Å². The van der Waals surface area contributed by atoms with E-state index < -0.39 is 0 Å². The minimum atomic E-state index is 0.630. The second kappa shape index (κ2) is 6.53. The van der Waals surface area contributed by atoms with E-state index >= 15 is 0 Å². The molecule has 0 saturated carbocycles. The molecule has 124 valence electrons. The minimum Gasteiger partial charge on any atom is -0.365 e. The number of anilines is 1. The second-order valence-corrected chi connectivity index (χ2v) is 6.27. The van der Waals surface area contributed by atoms with E-state index in [2.05, 4.69) is 20.3 Å². The molecule has 6 heteroatoms. The molecule has 3 heterocycles. The van der Waals surface area contributed by atoms with Crippen LogP contribution in [-0.4, -0.2) is 19.9 Å². The van der Waals surface area contributed by atoms with E-state index in [0.717, 1.165) is 33.7 Å². The Kier molecular flexibility index (Phi) is 4.07. The lowest BCUT2D eigenvalue weighted by Gasteiger charge is -2.09. The zero-order valence-corrected chi connectivity index (χ0v) is 14.4. The molecule has 0 aliphatic carbocycles. The molecule has 0 amide bonds. The number of fused-ring (bicyclic) bond motifs is 1. The van der Waals surface area contributed by atoms with Crippen molar-refractivity contribution in [3.63, 3.8) is 0 Å². The molecular weight excluding hydrogens is 334 g/mol. The summed E-state index contributed by atoms with van der Waals surface area (Å²) in [5.41, 5.74) is 3.81. The first-order valence-electron chi connectivity index (χ1n) is 7.95. The van der Waals surface area contributed by atoms with Crippen molar-refractivity contribution in [1.82, 2.24) is 19.9 Å². The minimum absolute atomic E-state index is 0.630. The quantitative estimate of drug-likeness (QED) is 0.565. The number of H-pyrrole nitrogens is 1. The van der Waals surface area contributed by atoms with Crippen LogP contribution in [0, 0.1) is 6.92 Å². The molecule has 2 N–H and O–H groups in total. The Morgan fingerprint density at radius 2 is 2.04 bits per heavy atom. The molecule has 0 fully saturated rings. The van der Waals surface area contributed by atoms with E-state index in [1.54, 1.807) is 6.20 Å². The van der Waals surface area contributed by atoms with Gasteiger partial charge in [0.25, 0.3) is 0 Å². The van der Waals surface area contributed by atoms with Crippen LogP contribution in [0.4, 0.5) is 5.82 Å². The third-order valence-corrected chi connectivity index (χ3v) is 4.12. The van der Waals surface area contributed by atoms with Crippen molar-refractivity contribution in [2.75, 3.05) is 5.32 Å². The largest absolute Gasteiger partial charge is 0.365 e. The maximum Gasteiger partial charge on any atom is 0.163 e. The third-order valence-electron chi connectivity index (χ3n) is 3.89. The molecule has 0 spiro atoms. The molecule has 0 unspecified atom stereocenters. The molecule has 0 bridgehead atoms. The van der Waals surface area contributed by atoms with Crippen molar-refractivity contribution in [3.05, 3.63) is 71.1 Å². The van der Waals surface area contributed by atoms with Crippen molar-refractivity contribution in [2.24, 2.45) is 0 Å². The van der Waals surface area contributed by atoms with Crippen molar-refractivity contribution in [1.29, 1.82) is 0 Å². The summed E-state index contributed by atoms with van der Waals surface area (Å²) in [6.07, 6.45) is 3.60. The van der Waals surface area contributed by atoms with E-state index in [1.807, 2.05) is 55.6 Å². The Morgan fingerprint density at radius 1 is 1.12 bits per heavy atom. The number of aromatic nitrogens is 4. The highest BCUT2D eigenvalue weighted by Crippen LogP contribution is 2.27. The highest BCUT2D eigenvalue weighted by Gasteiger charge is 2.12. The van der Waals surface area contributed by atoms with E-state index in [0.29, 0.717) is 17.4 Å². The lowest BCUT2D eigenvalue weighted by molar-refractivity contribution is 1.08. The van der Waals surface area contributed by atoms with Crippen LogP contribution in [0.25, 0.3) is 22.4 Å². The number of nitrogens with zero attached hydrogens (tertiary/aromatic N) is 3. The highest BCUT2D eigenvalue weighted by atomic mass is 35.5. The molecule has 5 nitrogen and oxygen atoms in total. The third kappa shape index (κ3) is 3.32. The zero-order valence-electron chi connectivity index (χ0n) is 13.6. The maximum atomic E-state index is 6.11. The summed E-state index contributed by atoms with van der Waals surface area (Å²) in [6.45, 7) is 2.64. The average molecular weight is 350 g/mol. The van der Waals surface area contributed by atoms with Crippen LogP contribution < -0.4 is 5.32 Å². The lowest BCUT2D eigenvalue weighted by Crippen LogP contribution is -2.04. The molecule has 4 rings (SSSR count). The number of benzene rings is 1. The number of aromatic amines is 1. The number of aryl methyl sites for hydroxylation is 1. The Balaban J connectivity index is 1.76. The van der Waals surface area contributed by atoms with Gasteiger partial charge in [-0.25, -0.2) is 9.97 Å². The predicted octanol–water partition coefficient (Wildman–Crippen LogP) is 4.59. The second-order valence-electron chi connectivity index (χ2n) is 5.84. The van der Waals surface area contributed by atoms with Crippen molar-refractivity contribution in [2.45, 2.75) is 13.5 Å². The molecule has 0 saturated heterocycles. The molecule has 0 aliphatic heterocycles. The molecule has 0 radical (unpaired) electrons. The standard InChI is InChI=1S/C19H16ClN5/c1-12-8-16-18(22-11-13-4-3-7-21-10-13)24-17(25-19(16)23-12)14-5-2-6-15(20)9-14/h2-10H,11H2,1H3,(H2,22,23,24,25). The van der Waals surface area contributed by atoms with E-state index in [9.17, 15) is 0 Å². The summed E-state index contributed by atoms with van der Waals surface area (Å²) in [5, 5.41) is 5.02. The number of hydrogen-bond acceptors (Lipinski definition) is 4. The first-order valence-corrected chi connectivity index (χ1v) is 8.33. The smallest absolute Gasteiger partial charge is 0.163 e. The summed E-state index contributed by atoms with van der Waals surface area (Å²) in [7, 11) is 0. The Hall–Kier alpha value is -2.92. The van der Waals surface area contributed by atoms with Gasteiger partial charge in [0.05, 0.1) is 5.39 Å². The van der Waals surface area contributed by atoms with Crippen LogP contribution in [0.1, 0.15) is 11.3 Å². The van der Waals surface area contributed by atoms with Crippen molar-refractivity contribution in [3.8, 4) is 11.4 Å². The summed E-state index contributed by atoms with van der Waals surface area (Å²) in [5.74, 6) is 1.42. The number of pyridine rings is 1. The highest BCUT2D eigenvalue weighted by molar-refractivity contribution is 6.30. The normalized spacial score (nSPS) is 11.0. The van der Waals surface area contributed by atoms with Gasteiger partial charge in [0.15, 0.2) is 5.82 Å². The van der Waals surface area contributed by atoms with E-state index in [-0.39, 0.29) is 0 Å². The number of hydrogen-bond donors (Lipinski definition) is 2. The lowest BCUT2D eigenvalue weighted by atomic mass is 10.2. The average Bonchev–Trinajstić information content (AvgIpc) is 3.01. The molecule has 25 heavy (non-hydrogen) atoms. The molecule has 3 aromatic heterocycles. The Morgan fingerprint density at radius 3 is 2.84 bits per heavy atom. The van der Waals surface area contributed by atoms with Gasteiger partial charge in [0.1, 0.15) is 11.5 Å². The molecule has 0 atom stereocenters. The van der Waals surface area contributed by atoms with Crippen LogP contribution in [0.3, 0.4) is 0 Å². The van der Waals surface area contributed by atoms with Crippen LogP contribution in [0.2, 0.25) is 5.02 Å². The van der Waals surface area contributed by atoms with Crippen LogP contribution in [0.15, 0.2) is 54.9 Å². The topological polar surface area (TPSA) is 66.5 Å². The fraction of sp³-hybridized carbons (Fsp3) is 0.105. The molecule has 1 aromatic carbocycles. The first kappa shape index (κ1) is 15.6. The zero-order chi connectivity index (χ0) is 17.2. The van der Waals surface area contributed by atoms with Crippen molar-refractivity contribution >= 4 is 28.5 Å². The summed E-state index contributed by atoms with van der Waals surface area (Å²) in [4.78, 5) is 16.8. The van der Waals surface area contributed by atoms with Crippen LogP contribution in [0.5, 0.6) is 0 Å². The summed E-state index contributed by atoms with van der Waals surface area (Å²) < 4.78 is 0. The Bertz CT molecular complexity index is 1030. The summed E-state index contributed by atoms with van der Waals surface area (Å²) >= 11 is 6.11. The molecular formula is C19H16ClN5. The van der Waals surface area contributed by atoms with Gasteiger partial charge in [0.2, 0.25) is 0 Å². The fourth-order valence-electron chi connectivity index (χ4n) is 2.72. The van der Waals surface area contributed by atoms with Crippen LogP contribution in [-0.2, 0) is 6.54 Å². The van der Waals surface area contributed by atoms with Crippen molar-refractivity contribution < 1.29 is 0 Å². The van der Waals surface area contributed by atoms with Gasteiger partial charge < -0.3 is 10.3 Å². The van der Waals surface area contributed by atoms with Gasteiger partial charge >= 0.3 is 0 Å². The number of rotatable bonds is 4. The molecule has 4 aromatic rings. The van der Waals surface area contributed by atoms with E-state index in [1.165, 1.54) is 0 Å². The van der Waals surface area contributed by atoms with E-state index in [4.69, 9.17) is 16.6 Å². The monoisotopic (exact) mass is 349 g/mol. The molecule has 0 aliphatic rings. The van der Waals surface area contributed by atoms with Gasteiger partial charge in [-0.1, -0.05) is 29.8 Å². The number of halogens is 1. The number of nitrogens with one attached hydrogen (secondary N) is 2. The van der Waals surface area contributed by atoms with Crippen LogP contribution >= 0.6 is 11.6 Å². The van der Waals surface area contributed by atoms with Gasteiger partial charge in [0, 0.05) is 35.2 Å². The SMILES string of the molecule is Cc1cc2c(NCc3cccnc3)nc(-c3cccc(Cl)c3)nc2[nH]1. The predicted molar refractivity (Wildman–Crippen MR) is 101 cm³/mol. The maximum absolute atomic E-state index is 6.11. The fourth-order valence-corrected chi connectivity index (χ4v) is 2.91. The van der Waals surface area contributed by atoms with Gasteiger partial charge in [-0.15, -0.1) is 0 Å². The Labute approximate surface area is 150 Å². The van der Waals surface area contributed by atoms with Gasteiger partial charge in [-0.05, 0) is 36.8 Å².